The van der Waals surface area contributed by atoms with Crippen LogP contribution >= 0.6 is 22.7 Å². The molecule has 10 heteroatoms. The van der Waals surface area contributed by atoms with E-state index in [1.54, 1.807) is 34.9 Å². The fourth-order valence-electron chi connectivity index (χ4n) is 13.6. The number of ketones is 1. The van der Waals surface area contributed by atoms with E-state index in [2.05, 4.69) is 312 Å². The molecule has 10 aromatic carbocycles. The first-order valence-electron chi connectivity index (χ1n) is 36.6. The Balaban J connectivity index is 0.000000127. The van der Waals surface area contributed by atoms with Gasteiger partial charge in [0, 0.05) is 77.2 Å². The number of thiazole rings is 1. The highest BCUT2D eigenvalue weighted by Crippen LogP contribution is 2.31. The van der Waals surface area contributed by atoms with Crippen LogP contribution < -0.4 is 0 Å². The topological polar surface area (TPSA) is 91.4 Å². The van der Waals surface area contributed by atoms with E-state index in [1.807, 2.05) is 60.0 Å². The van der Waals surface area contributed by atoms with Crippen molar-refractivity contribution < 1.29 is 4.79 Å². The van der Waals surface area contributed by atoms with Crippen LogP contribution in [0.1, 0.15) is 140 Å². The Morgan fingerprint density at radius 3 is 1.62 bits per heavy atom. The summed E-state index contributed by atoms with van der Waals surface area (Å²) in [5, 5.41) is 14.3. The number of hydrogen-bond acceptors (Lipinski definition) is 8. The highest BCUT2D eigenvalue weighted by atomic mass is 32.1. The maximum Gasteiger partial charge on any atom is 0.163 e. The second-order valence-electron chi connectivity index (χ2n) is 28.3. The highest BCUT2D eigenvalue weighted by Gasteiger charge is 2.22. The number of carbonyl (C=O) groups excluding carboxylic acids is 1. The first kappa shape index (κ1) is 77.4. The zero-order valence-electron chi connectivity index (χ0n) is 65.4. The molecule has 105 heavy (non-hydrogen) atoms. The lowest BCUT2D eigenvalue weighted by atomic mass is 9.99. The Hall–Kier alpha value is -10.3. The predicted octanol–water partition coefficient (Wildman–Crippen LogP) is 25.2. The smallest absolute Gasteiger partial charge is 0.163 e. The van der Waals surface area contributed by atoms with E-state index in [-0.39, 0.29) is 0 Å². The van der Waals surface area contributed by atoms with Gasteiger partial charge in [-0.25, -0.2) is 4.98 Å². The summed E-state index contributed by atoms with van der Waals surface area (Å²) < 4.78 is 6.76. The summed E-state index contributed by atoms with van der Waals surface area (Å²) in [5.41, 5.74) is 38.3. The summed E-state index contributed by atoms with van der Waals surface area (Å²) in [4.78, 5) is 28.6. The van der Waals surface area contributed by atoms with Gasteiger partial charge in [0.1, 0.15) is 0 Å². The first-order chi connectivity index (χ1) is 50.3. The maximum absolute atomic E-state index is 11.4. The van der Waals surface area contributed by atoms with Gasteiger partial charge in [0.05, 0.1) is 44.0 Å². The van der Waals surface area contributed by atoms with Gasteiger partial charge >= 0.3 is 0 Å². The van der Waals surface area contributed by atoms with Gasteiger partial charge in [0.2, 0.25) is 0 Å². The lowest BCUT2D eigenvalue weighted by molar-refractivity contribution is 0.0994. The Morgan fingerprint density at radius 2 is 0.895 bits per heavy atom. The number of carbonyl (C=O) groups is 1. The van der Waals surface area contributed by atoms with E-state index < -0.39 is 0 Å². The molecule has 16 aromatic rings. The van der Waals surface area contributed by atoms with Gasteiger partial charge in [0.15, 0.2) is 5.78 Å². The van der Waals surface area contributed by atoms with Crippen LogP contribution in [0, 0.1) is 125 Å². The average Bonchev–Trinajstić information content (AvgIpc) is 1.65. The van der Waals surface area contributed by atoms with Gasteiger partial charge in [-0.05, 0) is 331 Å². The van der Waals surface area contributed by atoms with E-state index in [0.717, 1.165) is 34.1 Å². The number of benzene rings is 10. The third-order valence-corrected chi connectivity index (χ3v) is 23.4. The minimum atomic E-state index is 0.325. The largest absolute Gasteiger partial charge is 0.351 e. The molecule has 0 N–H and O–H groups in total. The molecule has 0 unspecified atom stereocenters. The predicted molar refractivity (Wildman–Crippen MR) is 453 cm³/mol. The SMILES string of the molecule is Cc1ccc2c(c1C)C(=O)CC2.Cc1ccc2c(c1C)CCC2.Cc1ccc2c(ccn2C)c1C.Cc1ccc2ccccc2c1C.Cc1ccc2cccnc2c1C.Cc1ccc2cnn(C)c2c1C.Cc1ccc2nccnc2c1C.Cc1ccc2sccc2c1C.Cc1ccc2scnc2c1C. The van der Waals surface area contributed by atoms with E-state index in [9.17, 15) is 4.79 Å². The molecule has 0 amide bonds. The molecular weight excluding hydrogens is 1320 g/mol. The molecule has 0 atom stereocenters. The third kappa shape index (κ3) is 18.1. The molecule has 0 saturated carbocycles. The van der Waals surface area contributed by atoms with Gasteiger partial charge in [-0.3, -0.25) is 24.4 Å². The van der Waals surface area contributed by atoms with Crippen molar-refractivity contribution in [2.45, 2.75) is 157 Å². The number of thiophene rings is 1. The van der Waals surface area contributed by atoms with Crippen molar-refractivity contribution in [3.63, 3.8) is 0 Å². The number of Topliss-reactive ketones (excluding diaryl/α,β-unsaturated/α-hetero) is 1. The molecule has 2 aliphatic rings. The van der Waals surface area contributed by atoms with E-state index in [4.69, 9.17) is 0 Å². The Kier molecular flexibility index (Phi) is 25.8. The number of fused-ring (bicyclic) bond motifs is 9. The standard InChI is InChI=1S/C12H12.C11H13N.C11H11N.C11H12O.C11H14.C10H12N2.C10H10N2.C10H10S.C9H9NS/c1-9-7-8-11-5-3-4-6-12(11)10(9)2;1-8-4-5-11-10(9(8)2)6-7-12(11)3;1-8-5-6-10-4-3-7-12-11(10)9(8)2;1-7-3-4-9-5-6-10(12)11(9)8(7)2;1-8-6-7-10-4-3-5-11(10)9(8)2;1-7-4-5-9-6-11-12(3)10(9)8(7)2;1-7-3-4-9-10(8(7)2)12-6-5-11-9;1-7-3-4-10-9(8(7)2)5-6-11-10;1-6-3-4-8-9(7(6)2)10-5-11-8/h3-8H,1-2H3;4-7H,1-3H3;3-7H,1-2H3;3-4H,5-6H2,1-2H3;6-7H,3-5H2,1-2H3;4-6H,1-3H3;3-6H,1-2H3;3-6H,1-2H3;3-5H,1-2H3. The summed E-state index contributed by atoms with van der Waals surface area (Å²) in [6, 6.07) is 55.6. The maximum atomic E-state index is 11.4. The Bertz CT molecular complexity index is 5490. The van der Waals surface area contributed by atoms with Crippen LogP contribution in [0.3, 0.4) is 0 Å². The molecule has 0 spiro atoms. The van der Waals surface area contributed by atoms with E-state index in [0.29, 0.717) is 12.2 Å². The number of pyridine rings is 1. The van der Waals surface area contributed by atoms with Crippen LogP contribution in [0.2, 0.25) is 0 Å². The lowest BCUT2D eigenvalue weighted by Crippen LogP contribution is -1.97. The first-order valence-corrected chi connectivity index (χ1v) is 38.3. The van der Waals surface area contributed by atoms with Crippen LogP contribution in [-0.4, -0.2) is 40.1 Å². The minimum absolute atomic E-state index is 0.325. The molecular formula is C95H103N7OS2. The second kappa shape index (κ2) is 35.0. The van der Waals surface area contributed by atoms with Crippen molar-refractivity contribution in [3.8, 4) is 0 Å². The van der Waals surface area contributed by atoms with Crippen molar-refractivity contribution in [1.29, 1.82) is 0 Å². The monoisotopic (exact) mass is 1420 g/mol. The molecule has 18 rings (SSSR count). The molecule has 2 aliphatic carbocycles. The fourth-order valence-corrected chi connectivity index (χ4v) is 15.2. The van der Waals surface area contributed by atoms with E-state index in [1.165, 1.54) is 178 Å². The summed E-state index contributed by atoms with van der Waals surface area (Å²) >= 11 is 3.51. The van der Waals surface area contributed by atoms with Crippen LogP contribution in [0.15, 0.2) is 200 Å². The number of aryl methyl sites for hydroxylation is 20. The molecule has 0 fully saturated rings. The third-order valence-electron chi connectivity index (χ3n) is 21.7. The van der Waals surface area contributed by atoms with Crippen molar-refractivity contribution in [1.82, 2.24) is 34.3 Å². The summed E-state index contributed by atoms with van der Waals surface area (Å²) in [6.45, 7) is 38.5. The zero-order chi connectivity index (χ0) is 75.3. The van der Waals surface area contributed by atoms with Crippen LogP contribution in [-0.2, 0) is 33.4 Å². The minimum Gasteiger partial charge on any atom is -0.351 e. The molecule has 0 radical (unpaired) electrons. The number of hydrogen-bond donors (Lipinski definition) is 0. The normalized spacial score (nSPS) is 11.6. The van der Waals surface area contributed by atoms with Gasteiger partial charge in [-0.15, -0.1) is 22.7 Å². The van der Waals surface area contributed by atoms with Crippen molar-refractivity contribution >= 4 is 103 Å². The van der Waals surface area contributed by atoms with Crippen molar-refractivity contribution in [3.05, 3.63) is 322 Å². The average molecular weight is 1420 g/mol. The molecule has 0 saturated heterocycles. The van der Waals surface area contributed by atoms with Crippen LogP contribution in [0.5, 0.6) is 0 Å². The molecule has 6 aromatic heterocycles. The second-order valence-corrected chi connectivity index (χ2v) is 30.2. The van der Waals surface area contributed by atoms with Crippen molar-refractivity contribution in [2.24, 2.45) is 14.1 Å². The molecule has 0 bridgehead atoms. The molecule has 8 nitrogen and oxygen atoms in total. The highest BCUT2D eigenvalue weighted by molar-refractivity contribution is 7.17. The summed E-state index contributed by atoms with van der Waals surface area (Å²) in [5.74, 6) is 0.325. The van der Waals surface area contributed by atoms with Gasteiger partial charge < -0.3 is 4.57 Å². The van der Waals surface area contributed by atoms with Crippen LogP contribution in [0.4, 0.5) is 0 Å². The Labute approximate surface area is 631 Å². The van der Waals surface area contributed by atoms with E-state index >= 15 is 0 Å². The van der Waals surface area contributed by atoms with Gasteiger partial charge in [-0.1, -0.05) is 115 Å². The summed E-state index contributed by atoms with van der Waals surface area (Å²) in [7, 11) is 4.06. The van der Waals surface area contributed by atoms with Crippen LogP contribution in [0.25, 0.3) is 74.8 Å². The molecule has 6 heterocycles. The number of aromatic nitrogens is 7. The number of rotatable bonds is 0. The Morgan fingerprint density at radius 1 is 0.362 bits per heavy atom. The lowest BCUT2D eigenvalue weighted by Gasteiger charge is -2.06. The molecule has 0 aliphatic heterocycles. The zero-order valence-corrected chi connectivity index (χ0v) is 67.1. The van der Waals surface area contributed by atoms with Crippen molar-refractivity contribution in [2.75, 3.05) is 0 Å². The number of nitrogens with zero attached hydrogens (tertiary/aromatic N) is 7. The van der Waals surface area contributed by atoms with Gasteiger partial charge in [-0.2, -0.15) is 5.10 Å². The fraction of sp³-hybridized carbons (Fsp3) is 0.263. The van der Waals surface area contributed by atoms with Gasteiger partial charge in [0.25, 0.3) is 0 Å². The molecule has 536 valence electrons. The quantitative estimate of drug-likeness (QED) is 0.150. The summed E-state index contributed by atoms with van der Waals surface area (Å²) in [6.07, 6.45) is 14.9.